The number of ether oxygens (including phenoxy) is 1. The third-order valence-corrected chi connectivity index (χ3v) is 7.07. The summed E-state index contributed by atoms with van der Waals surface area (Å²) in [6.07, 6.45) is 2.21. The summed E-state index contributed by atoms with van der Waals surface area (Å²) >= 11 is 0. The molecule has 0 atom stereocenters. The number of piperidine rings is 1. The van der Waals surface area contributed by atoms with E-state index in [0.29, 0.717) is 5.69 Å². The molecular weight excluding hydrogens is 466 g/mol. The van der Waals surface area contributed by atoms with Crippen LogP contribution >= 0.6 is 0 Å². The molecule has 0 aliphatic carbocycles. The van der Waals surface area contributed by atoms with Crippen LogP contribution in [0.5, 0.6) is 0 Å². The topological polar surface area (TPSA) is 86.8 Å². The normalized spacial score (nSPS) is 17.0. The molecule has 0 spiro atoms. The minimum atomic E-state index is -0.162. The number of hydrogen-bond acceptors (Lipinski definition) is 6. The summed E-state index contributed by atoms with van der Waals surface area (Å²) in [4.78, 5) is 34.3. The van der Waals surface area contributed by atoms with Gasteiger partial charge in [0.1, 0.15) is 5.82 Å². The number of benzene rings is 2. The van der Waals surface area contributed by atoms with Gasteiger partial charge >= 0.3 is 0 Å². The number of nitrogens with one attached hydrogen (secondary N) is 2. The molecule has 8 heteroatoms. The fraction of sp³-hybridized carbons (Fsp3) is 0.414. The molecule has 1 aromatic heterocycles. The number of carbonyl (C=O) groups excluding carboxylic acids is 2. The molecule has 2 aliphatic heterocycles. The maximum Gasteiger partial charge on any atom is 0.224 e. The summed E-state index contributed by atoms with van der Waals surface area (Å²) in [5.41, 5.74) is 2.91. The number of fused-ring (bicyclic) bond motifs is 1. The minimum absolute atomic E-state index is 0.0602. The highest BCUT2D eigenvalue weighted by Gasteiger charge is 2.21. The third-order valence-electron chi connectivity index (χ3n) is 7.07. The zero-order chi connectivity index (χ0) is 25.5. The standard InChI is InChI=1S/C29H35N5O3/c35-28(30-24-12-14-33(15-13-24)21-22-4-2-1-3-5-22)10-11-29(36)31-25-7-8-26-23(20-25)6-9-27(32-26)34-16-18-37-19-17-34/h1-9,20,24H,10-19,21H2,(H,30,35)(H,31,36). The molecule has 3 heterocycles. The van der Waals surface area contributed by atoms with Crippen LogP contribution in [-0.2, 0) is 20.9 Å². The number of pyridine rings is 1. The van der Waals surface area contributed by atoms with Gasteiger partial charge in [0.25, 0.3) is 0 Å². The van der Waals surface area contributed by atoms with Gasteiger partial charge in [-0.2, -0.15) is 0 Å². The second-order valence-electron chi connectivity index (χ2n) is 9.83. The molecule has 2 aromatic carbocycles. The van der Waals surface area contributed by atoms with Crippen LogP contribution < -0.4 is 15.5 Å². The zero-order valence-corrected chi connectivity index (χ0v) is 21.2. The summed E-state index contributed by atoms with van der Waals surface area (Å²) < 4.78 is 5.42. The van der Waals surface area contributed by atoms with Crippen molar-refractivity contribution in [1.29, 1.82) is 0 Å². The van der Waals surface area contributed by atoms with Crippen molar-refractivity contribution < 1.29 is 14.3 Å². The van der Waals surface area contributed by atoms with Crippen LogP contribution in [0.15, 0.2) is 60.7 Å². The van der Waals surface area contributed by atoms with Crippen molar-refractivity contribution in [3.63, 3.8) is 0 Å². The largest absolute Gasteiger partial charge is 0.378 e. The van der Waals surface area contributed by atoms with Crippen molar-refractivity contribution in [2.45, 2.75) is 38.3 Å². The first-order valence-corrected chi connectivity index (χ1v) is 13.2. The fourth-order valence-electron chi connectivity index (χ4n) is 4.99. The molecule has 2 amide bonds. The van der Waals surface area contributed by atoms with Gasteiger partial charge in [-0.1, -0.05) is 30.3 Å². The van der Waals surface area contributed by atoms with Gasteiger partial charge in [0.05, 0.1) is 18.7 Å². The third kappa shape index (κ3) is 7.05. The number of carbonyl (C=O) groups is 2. The van der Waals surface area contributed by atoms with Gasteiger partial charge < -0.3 is 20.3 Å². The average Bonchev–Trinajstić information content (AvgIpc) is 2.94. The van der Waals surface area contributed by atoms with Crippen LogP contribution in [-0.4, -0.2) is 67.1 Å². The predicted octanol–water partition coefficient (Wildman–Crippen LogP) is 3.57. The number of likely N-dealkylation sites (tertiary alicyclic amines) is 1. The number of amides is 2. The van der Waals surface area contributed by atoms with Crippen LogP contribution in [0.2, 0.25) is 0 Å². The summed E-state index contributed by atoms with van der Waals surface area (Å²) in [5, 5.41) is 7.00. The average molecular weight is 502 g/mol. The van der Waals surface area contributed by atoms with Crippen LogP contribution in [0.1, 0.15) is 31.2 Å². The van der Waals surface area contributed by atoms with Crippen molar-refractivity contribution >= 4 is 34.2 Å². The van der Waals surface area contributed by atoms with Gasteiger partial charge in [-0.15, -0.1) is 0 Å². The van der Waals surface area contributed by atoms with Crippen LogP contribution in [0.3, 0.4) is 0 Å². The number of hydrogen-bond donors (Lipinski definition) is 2. The molecule has 0 saturated carbocycles. The molecule has 194 valence electrons. The summed E-state index contributed by atoms with van der Waals surface area (Å²) in [6.45, 7) is 5.99. The lowest BCUT2D eigenvalue weighted by molar-refractivity contribution is -0.125. The van der Waals surface area contributed by atoms with Crippen LogP contribution in [0.4, 0.5) is 11.5 Å². The monoisotopic (exact) mass is 501 g/mol. The Morgan fingerprint density at radius 2 is 1.65 bits per heavy atom. The highest BCUT2D eigenvalue weighted by molar-refractivity contribution is 5.95. The molecular formula is C29H35N5O3. The maximum atomic E-state index is 12.5. The first-order chi connectivity index (χ1) is 18.1. The van der Waals surface area contributed by atoms with Gasteiger partial charge in [0.15, 0.2) is 0 Å². The second-order valence-corrected chi connectivity index (χ2v) is 9.83. The van der Waals surface area contributed by atoms with E-state index < -0.39 is 0 Å². The van der Waals surface area contributed by atoms with Crippen molar-refractivity contribution in [2.24, 2.45) is 0 Å². The smallest absolute Gasteiger partial charge is 0.224 e. The Morgan fingerprint density at radius 3 is 2.43 bits per heavy atom. The van der Waals surface area contributed by atoms with Crippen molar-refractivity contribution in [3.05, 3.63) is 66.2 Å². The fourth-order valence-corrected chi connectivity index (χ4v) is 4.99. The summed E-state index contributed by atoms with van der Waals surface area (Å²) in [6, 6.07) is 20.4. The molecule has 37 heavy (non-hydrogen) atoms. The van der Waals surface area contributed by atoms with Crippen molar-refractivity contribution in [2.75, 3.05) is 49.6 Å². The quantitative estimate of drug-likeness (QED) is 0.491. The molecule has 3 aromatic rings. The van der Waals surface area contributed by atoms with E-state index in [-0.39, 0.29) is 30.7 Å². The zero-order valence-electron chi connectivity index (χ0n) is 21.2. The molecule has 0 radical (unpaired) electrons. The van der Waals surface area contributed by atoms with Crippen molar-refractivity contribution in [3.8, 4) is 0 Å². The maximum absolute atomic E-state index is 12.5. The van der Waals surface area contributed by atoms with E-state index in [4.69, 9.17) is 9.72 Å². The Labute approximate surface area is 218 Å². The summed E-state index contributed by atoms with van der Waals surface area (Å²) in [7, 11) is 0. The number of aromatic nitrogens is 1. The van der Waals surface area contributed by atoms with Gasteiger partial charge in [0.2, 0.25) is 11.8 Å². The summed E-state index contributed by atoms with van der Waals surface area (Å²) in [5.74, 6) is 0.723. The first-order valence-electron chi connectivity index (χ1n) is 13.2. The van der Waals surface area contributed by atoms with Gasteiger partial charge in [-0.3, -0.25) is 14.5 Å². The Hall–Kier alpha value is -3.49. The Balaban J connectivity index is 1.04. The molecule has 2 aliphatic rings. The minimum Gasteiger partial charge on any atom is -0.378 e. The van der Waals surface area contributed by atoms with E-state index in [2.05, 4.69) is 44.7 Å². The van der Waals surface area contributed by atoms with Gasteiger partial charge in [-0.05, 0) is 48.7 Å². The number of anilines is 2. The number of nitrogens with zero attached hydrogens (tertiary/aromatic N) is 3. The SMILES string of the molecule is O=C(CCC(=O)NC1CCN(Cc2ccccc2)CC1)Nc1ccc2nc(N3CCOCC3)ccc2c1. The van der Waals surface area contributed by atoms with Crippen molar-refractivity contribution in [1.82, 2.24) is 15.2 Å². The van der Waals surface area contributed by atoms with E-state index in [9.17, 15) is 9.59 Å². The van der Waals surface area contributed by atoms with Crippen LogP contribution in [0, 0.1) is 0 Å². The van der Waals surface area contributed by atoms with Gasteiger partial charge in [-0.25, -0.2) is 4.98 Å². The van der Waals surface area contributed by atoms with E-state index in [1.54, 1.807) is 0 Å². The van der Waals surface area contributed by atoms with E-state index in [1.807, 2.05) is 36.4 Å². The lowest BCUT2D eigenvalue weighted by Crippen LogP contribution is -2.44. The van der Waals surface area contributed by atoms with Crippen LogP contribution in [0.25, 0.3) is 10.9 Å². The van der Waals surface area contributed by atoms with E-state index >= 15 is 0 Å². The molecule has 2 N–H and O–H groups in total. The second kappa shape index (κ2) is 12.2. The molecule has 5 rings (SSSR count). The lowest BCUT2D eigenvalue weighted by atomic mass is 10.0. The molecule has 2 fully saturated rings. The highest BCUT2D eigenvalue weighted by atomic mass is 16.5. The highest BCUT2D eigenvalue weighted by Crippen LogP contribution is 2.22. The molecule has 2 saturated heterocycles. The van der Waals surface area contributed by atoms with E-state index in [1.165, 1.54) is 5.56 Å². The first kappa shape index (κ1) is 25.2. The van der Waals surface area contributed by atoms with E-state index in [0.717, 1.165) is 75.5 Å². The molecule has 8 nitrogen and oxygen atoms in total. The Kier molecular flexibility index (Phi) is 8.28. The molecule has 0 bridgehead atoms. The number of rotatable bonds is 8. The number of morpholine rings is 1. The molecule has 0 unspecified atom stereocenters. The van der Waals surface area contributed by atoms with Gasteiger partial charge in [0, 0.05) is 62.7 Å². The lowest BCUT2D eigenvalue weighted by Gasteiger charge is -2.32. The Morgan fingerprint density at radius 1 is 0.892 bits per heavy atom. The Bertz CT molecular complexity index is 1200. The predicted molar refractivity (Wildman–Crippen MR) is 146 cm³/mol.